The first-order valence-corrected chi connectivity index (χ1v) is 6.75. The van der Waals surface area contributed by atoms with Gasteiger partial charge in [-0.05, 0) is 44.5 Å². The number of aliphatic carboxylic acids is 1. The molecule has 0 aliphatic carbocycles. The fourth-order valence-electron chi connectivity index (χ4n) is 1.88. The summed E-state index contributed by atoms with van der Waals surface area (Å²) in [5, 5.41) is 18.4. The Morgan fingerprint density at radius 2 is 1.81 bits per heavy atom. The molecule has 0 aromatic heterocycles. The Morgan fingerprint density at radius 3 is 2.24 bits per heavy atom. The van der Waals surface area contributed by atoms with Crippen molar-refractivity contribution in [2.24, 2.45) is 0 Å². The van der Waals surface area contributed by atoms with E-state index in [-0.39, 0.29) is 12.5 Å². The molecule has 0 bridgehead atoms. The van der Waals surface area contributed by atoms with Crippen molar-refractivity contribution in [3.05, 3.63) is 41.5 Å². The van der Waals surface area contributed by atoms with E-state index >= 15 is 0 Å². The normalized spacial score (nSPS) is 11.6. The summed E-state index contributed by atoms with van der Waals surface area (Å²) >= 11 is 0. The Labute approximate surface area is 124 Å². The van der Waals surface area contributed by atoms with Crippen molar-refractivity contribution in [1.82, 2.24) is 4.90 Å². The van der Waals surface area contributed by atoms with E-state index in [4.69, 9.17) is 5.11 Å². The van der Waals surface area contributed by atoms with Gasteiger partial charge >= 0.3 is 5.97 Å². The Bertz CT molecular complexity index is 526. The zero-order valence-corrected chi connectivity index (χ0v) is 12.5. The molecular formula is C16H21NO4. The maximum Gasteiger partial charge on any atom is 0.328 e. The summed E-state index contributed by atoms with van der Waals surface area (Å²) in [4.78, 5) is 24.3. The van der Waals surface area contributed by atoms with Crippen molar-refractivity contribution in [2.75, 3.05) is 13.1 Å². The lowest BCUT2D eigenvalue weighted by atomic mass is 10.1. The number of rotatable bonds is 6. The van der Waals surface area contributed by atoms with Crippen LogP contribution in [-0.4, -0.2) is 45.7 Å². The number of carboxylic acid groups (broad SMARTS) is 1. The molecule has 0 saturated heterocycles. The molecule has 5 heteroatoms. The number of carbonyl (C=O) groups excluding carboxylic acids is 1. The monoisotopic (exact) mass is 291 g/mol. The van der Waals surface area contributed by atoms with Crippen LogP contribution in [-0.2, 0) is 4.79 Å². The third-order valence-corrected chi connectivity index (χ3v) is 2.82. The first kappa shape index (κ1) is 16.9. The van der Waals surface area contributed by atoms with Gasteiger partial charge in [0.25, 0.3) is 5.91 Å². The standard InChI is InChI=1S/C16H21NO4/c1-4-17(11-16(2,3)21)15(20)13-8-5-12(6-9-13)7-10-14(18)19/h5-10,21H,4,11H2,1-3H3,(H,18,19). The number of hydrogen-bond acceptors (Lipinski definition) is 3. The van der Waals surface area contributed by atoms with Gasteiger partial charge < -0.3 is 15.1 Å². The number of carboxylic acids is 1. The van der Waals surface area contributed by atoms with Gasteiger partial charge in [-0.3, -0.25) is 4.79 Å². The highest BCUT2D eigenvalue weighted by molar-refractivity contribution is 5.94. The van der Waals surface area contributed by atoms with Crippen LogP contribution in [0.5, 0.6) is 0 Å². The van der Waals surface area contributed by atoms with Gasteiger partial charge in [-0.2, -0.15) is 0 Å². The summed E-state index contributed by atoms with van der Waals surface area (Å²) in [6, 6.07) is 6.67. The summed E-state index contributed by atoms with van der Waals surface area (Å²) in [7, 11) is 0. The molecule has 0 fully saturated rings. The third-order valence-electron chi connectivity index (χ3n) is 2.82. The fraction of sp³-hybridized carbons (Fsp3) is 0.375. The van der Waals surface area contributed by atoms with Gasteiger partial charge in [0.1, 0.15) is 0 Å². The van der Waals surface area contributed by atoms with E-state index in [1.165, 1.54) is 6.08 Å². The highest BCUT2D eigenvalue weighted by Gasteiger charge is 2.22. The Kier molecular flexibility index (Phi) is 5.67. The second-order valence-corrected chi connectivity index (χ2v) is 5.43. The summed E-state index contributed by atoms with van der Waals surface area (Å²) in [5.74, 6) is -1.18. The zero-order chi connectivity index (χ0) is 16.0. The van der Waals surface area contributed by atoms with Crippen molar-refractivity contribution in [2.45, 2.75) is 26.4 Å². The van der Waals surface area contributed by atoms with Gasteiger partial charge in [0, 0.05) is 24.7 Å². The van der Waals surface area contributed by atoms with Crippen LogP contribution in [0.15, 0.2) is 30.3 Å². The molecule has 114 valence electrons. The lowest BCUT2D eigenvalue weighted by molar-refractivity contribution is -0.131. The number of carbonyl (C=O) groups is 2. The van der Waals surface area contributed by atoms with Crippen LogP contribution in [0, 0.1) is 0 Å². The molecule has 0 radical (unpaired) electrons. The Balaban J connectivity index is 2.85. The number of hydrogen-bond donors (Lipinski definition) is 2. The molecular weight excluding hydrogens is 270 g/mol. The molecule has 1 amide bonds. The lowest BCUT2D eigenvalue weighted by Crippen LogP contribution is -2.42. The summed E-state index contributed by atoms with van der Waals surface area (Å²) in [5.41, 5.74) is 0.267. The molecule has 1 aromatic carbocycles. The van der Waals surface area contributed by atoms with Crippen molar-refractivity contribution in [3.63, 3.8) is 0 Å². The van der Waals surface area contributed by atoms with Gasteiger partial charge in [-0.1, -0.05) is 12.1 Å². The van der Waals surface area contributed by atoms with Crippen LogP contribution in [0.25, 0.3) is 6.08 Å². The smallest absolute Gasteiger partial charge is 0.328 e. The predicted octanol–water partition coefficient (Wildman–Crippen LogP) is 2.02. The minimum absolute atomic E-state index is 0.159. The van der Waals surface area contributed by atoms with Crippen molar-refractivity contribution in [3.8, 4) is 0 Å². The number of likely N-dealkylation sites (N-methyl/N-ethyl adjacent to an activating group) is 1. The van der Waals surface area contributed by atoms with Gasteiger partial charge in [0.05, 0.1) is 5.60 Å². The van der Waals surface area contributed by atoms with Gasteiger partial charge in [-0.15, -0.1) is 0 Å². The molecule has 0 heterocycles. The van der Waals surface area contributed by atoms with Crippen molar-refractivity contribution >= 4 is 18.0 Å². The molecule has 0 saturated carbocycles. The zero-order valence-electron chi connectivity index (χ0n) is 12.5. The van der Waals surface area contributed by atoms with E-state index in [1.807, 2.05) is 6.92 Å². The Hall–Kier alpha value is -2.14. The van der Waals surface area contributed by atoms with E-state index in [0.29, 0.717) is 17.7 Å². The molecule has 0 unspecified atom stereocenters. The van der Waals surface area contributed by atoms with Crippen LogP contribution >= 0.6 is 0 Å². The van der Waals surface area contributed by atoms with E-state index in [9.17, 15) is 14.7 Å². The topological polar surface area (TPSA) is 77.8 Å². The van der Waals surface area contributed by atoms with E-state index in [2.05, 4.69) is 0 Å². The SMILES string of the molecule is CCN(CC(C)(C)O)C(=O)c1ccc(C=CC(=O)O)cc1. The first-order chi connectivity index (χ1) is 9.73. The average molecular weight is 291 g/mol. The van der Waals surface area contributed by atoms with Crippen LogP contribution in [0.4, 0.5) is 0 Å². The summed E-state index contributed by atoms with van der Waals surface area (Å²) in [6.07, 6.45) is 2.51. The molecule has 0 aliphatic rings. The Morgan fingerprint density at radius 1 is 1.24 bits per heavy atom. The maximum absolute atomic E-state index is 12.3. The van der Waals surface area contributed by atoms with Crippen molar-refractivity contribution in [1.29, 1.82) is 0 Å². The number of benzene rings is 1. The van der Waals surface area contributed by atoms with E-state index in [1.54, 1.807) is 43.0 Å². The van der Waals surface area contributed by atoms with E-state index < -0.39 is 11.6 Å². The second kappa shape index (κ2) is 7.04. The first-order valence-electron chi connectivity index (χ1n) is 6.75. The molecule has 2 N–H and O–H groups in total. The van der Waals surface area contributed by atoms with Crippen molar-refractivity contribution < 1.29 is 19.8 Å². The third kappa shape index (κ3) is 5.79. The van der Waals surface area contributed by atoms with Crippen LogP contribution in [0.1, 0.15) is 36.7 Å². The minimum Gasteiger partial charge on any atom is -0.478 e. The molecule has 0 atom stereocenters. The molecule has 5 nitrogen and oxygen atoms in total. The van der Waals surface area contributed by atoms with Crippen LogP contribution in [0.2, 0.25) is 0 Å². The van der Waals surface area contributed by atoms with Gasteiger partial charge in [0.2, 0.25) is 0 Å². The lowest BCUT2D eigenvalue weighted by Gasteiger charge is -2.28. The number of nitrogens with zero attached hydrogens (tertiary/aromatic N) is 1. The van der Waals surface area contributed by atoms with Crippen LogP contribution < -0.4 is 0 Å². The molecule has 1 rings (SSSR count). The maximum atomic E-state index is 12.3. The summed E-state index contributed by atoms with van der Waals surface area (Å²) in [6.45, 7) is 5.92. The minimum atomic E-state index is -1.02. The largest absolute Gasteiger partial charge is 0.478 e. The quantitative estimate of drug-likeness (QED) is 0.786. The van der Waals surface area contributed by atoms with Gasteiger partial charge in [-0.25, -0.2) is 4.79 Å². The highest BCUT2D eigenvalue weighted by Crippen LogP contribution is 2.12. The molecule has 0 aliphatic heterocycles. The fourth-order valence-corrected chi connectivity index (χ4v) is 1.88. The summed E-state index contributed by atoms with van der Waals surface area (Å²) < 4.78 is 0. The van der Waals surface area contributed by atoms with E-state index in [0.717, 1.165) is 6.08 Å². The average Bonchev–Trinajstić information content (AvgIpc) is 2.41. The van der Waals surface area contributed by atoms with Crippen LogP contribution in [0.3, 0.4) is 0 Å². The predicted molar refractivity (Wildman–Crippen MR) is 81.0 cm³/mol. The second-order valence-electron chi connectivity index (χ2n) is 5.43. The highest BCUT2D eigenvalue weighted by atomic mass is 16.4. The number of aliphatic hydroxyl groups is 1. The molecule has 0 spiro atoms. The number of amides is 1. The van der Waals surface area contributed by atoms with Gasteiger partial charge in [0.15, 0.2) is 0 Å². The molecule has 1 aromatic rings. The molecule has 21 heavy (non-hydrogen) atoms.